The quantitative estimate of drug-likeness (QED) is 0.574. The normalized spacial score (nSPS) is 11.7. The fourth-order valence-electron chi connectivity index (χ4n) is 3.04. The van der Waals surface area contributed by atoms with E-state index in [0.29, 0.717) is 15.3 Å². The van der Waals surface area contributed by atoms with E-state index in [-0.39, 0.29) is 21.7 Å². The number of fused-ring (bicyclic) bond motifs is 1. The fraction of sp³-hybridized carbons (Fsp3) is 0.217. The molecule has 0 aliphatic rings. The monoisotopic (exact) mass is 422 g/mol. The standard InChI is InChI=1S/C23H22N2O4S/c1-6-17-10-7-8-12-19(17)25(22(26)29-23(3,4)5)30(27,28)21-16(2)13-14-18-11-9-15-24-20(18)21/h1,7-15H,2-5H3. The van der Waals surface area contributed by atoms with E-state index < -0.39 is 21.7 Å². The molecule has 0 radical (unpaired) electrons. The minimum absolute atomic E-state index is 0.0431. The number of rotatable bonds is 3. The lowest BCUT2D eigenvalue weighted by Crippen LogP contribution is -2.41. The van der Waals surface area contributed by atoms with Gasteiger partial charge in [-0.1, -0.05) is 36.3 Å². The molecule has 0 N–H and O–H groups in total. The average molecular weight is 423 g/mol. The molecule has 7 heteroatoms. The van der Waals surface area contributed by atoms with Crippen molar-refractivity contribution < 1.29 is 17.9 Å². The number of amides is 1. The Bertz CT molecular complexity index is 1270. The molecule has 1 aromatic heterocycles. The predicted molar refractivity (Wildman–Crippen MR) is 117 cm³/mol. The fourth-order valence-corrected chi connectivity index (χ4v) is 4.76. The highest BCUT2D eigenvalue weighted by Gasteiger charge is 2.38. The number of nitrogens with zero attached hydrogens (tertiary/aromatic N) is 2. The second kappa shape index (κ2) is 7.81. The zero-order valence-corrected chi connectivity index (χ0v) is 18.0. The van der Waals surface area contributed by atoms with Crippen molar-refractivity contribution in [3.8, 4) is 12.3 Å². The van der Waals surface area contributed by atoms with Crippen molar-refractivity contribution in [2.75, 3.05) is 4.31 Å². The molecule has 6 nitrogen and oxygen atoms in total. The maximum absolute atomic E-state index is 13.9. The van der Waals surface area contributed by atoms with Crippen molar-refractivity contribution in [3.05, 3.63) is 65.9 Å². The van der Waals surface area contributed by atoms with E-state index in [1.165, 1.54) is 12.3 Å². The molecule has 0 fully saturated rings. The van der Waals surface area contributed by atoms with Crippen LogP contribution in [-0.4, -0.2) is 25.1 Å². The van der Waals surface area contributed by atoms with Crippen molar-refractivity contribution in [1.82, 2.24) is 4.98 Å². The first-order valence-electron chi connectivity index (χ1n) is 9.24. The molecule has 0 spiro atoms. The average Bonchev–Trinajstić information content (AvgIpc) is 2.66. The van der Waals surface area contributed by atoms with Gasteiger partial charge in [-0.05, 0) is 51.5 Å². The number of hydrogen-bond acceptors (Lipinski definition) is 5. The van der Waals surface area contributed by atoms with Crippen molar-refractivity contribution in [3.63, 3.8) is 0 Å². The van der Waals surface area contributed by atoms with E-state index in [2.05, 4.69) is 10.9 Å². The van der Waals surface area contributed by atoms with Gasteiger partial charge >= 0.3 is 6.09 Å². The van der Waals surface area contributed by atoms with E-state index in [1.54, 1.807) is 70.2 Å². The molecule has 0 saturated heterocycles. The van der Waals surface area contributed by atoms with Crippen molar-refractivity contribution in [2.24, 2.45) is 0 Å². The smallest absolute Gasteiger partial charge is 0.429 e. The third-order valence-electron chi connectivity index (χ3n) is 4.26. The second-order valence-corrected chi connectivity index (χ2v) is 9.42. The Balaban J connectivity index is 2.33. The molecule has 30 heavy (non-hydrogen) atoms. The van der Waals surface area contributed by atoms with Crippen molar-refractivity contribution in [1.29, 1.82) is 0 Å². The van der Waals surface area contributed by atoms with Gasteiger partial charge in [-0.3, -0.25) is 4.98 Å². The molecule has 1 heterocycles. The topological polar surface area (TPSA) is 76.6 Å². The van der Waals surface area contributed by atoms with E-state index in [0.717, 1.165) is 0 Å². The van der Waals surface area contributed by atoms with Gasteiger partial charge in [0.15, 0.2) is 0 Å². The summed E-state index contributed by atoms with van der Waals surface area (Å²) in [5.74, 6) is 2.44. The van der Waals surface area contributed by atoms with Gasteiger partial charge in [-0.15, -0.1) is 6.42 Å². The van der Waals surface area contributed by atoms with Crippen LogP contribution in [0.1, 0.15) is 31.9 Å². The van der Waals surface area contributed by atoms with Gasteiger partial charge in [0, 0.05) is 17.1 Å². The summed E-state index contributed by atoms with van der Waals surface area (Å²) < 4.78 is 33.8. The summed E-state index contributed by atoms with van der Waals surface area (Å²) in [4.78, 5) is 17.3. The summed E-state index contributed by atoms with van der Waals surface area (Å²) >= 11 is 0. The number of anilines is 1. The molecule has 154 valence electrons. The lowest BCUT2D eigenvalue weighted by atomic mass is 10.1. The Morgan fingerprint density at radius 1 is 1.10 bits per heavy atom. The molecule has 0 atom stereocenters. The number of hydrogen-bond donors (Lipinski definition) is 0. The third-order valence-corrected chi connectivity index (χ3v) is 6.12. The number of carbonyl (C=O) groups excluding carboxylic acids is 1. The van der Waals surface area contributed by atoms with Crippen LogP contribution in [0.25, 0.3) is 10.9 Å². The minimum Gasteiger partial charge on any atom is -0.443 e. The van der Waals surface area contributed by atoms with Crippen LogP contribution in [0.5, 0.6) is 0 Å². The Kier molecular flexibility index (Phi) is 5.55. The summed E-state index contributed by atoms with van der Waals surface area (Å²) in [6, 6.07) is 13.3. The van der Waals surface area contributed by atoms with Crippen LogP contribution in [0.2, 0.25) is 0 Å². The summed E-state index contributed by atoms with van der Waals surface area (Å²) in [6.45, 7) is 6.63. The maximum atomic E-state index is 13.9. The van der Waals surface area contributed by atoms with E-state index >= 15 is 0 Å². The van der Waals surface area contributed by atoms with Gasteiger partial charge in [0.2, 0.25) is 0 Å². The number of sulfonamides is 1. The first kappa shape index (κ1) is 21.3. The van der Waals surface area contributed by atoms with Crippen LogP contribution in [-0.2, 0) is 14.8 Å². The molecule has 2 aromatic carbocycles. The molecule has 1 amide bonds. The highest BCUT2D eigenvalue weighted by Crippen LogP contribution is 2.33. The second-order valence-electron chi connectivity index (χ2n) is 7.70. The number of aryl methyl sites for hydroxylation is 1. The molecule has 0 bridgehead atoms. The van der Waals surface area contributed by atoms with E-state index in [9.17, 15) is 13.2 Å². The van der Waals surface area contributed by atoms with Crippen molar-refractivity contribution >= 4 is 32.7 Å². The lowest BCUT2D eigenvalue weighted by molar-refractivity contribution is 0.0609. The summed E-state index contributed by atoms with van der Waals surface area (Å²) in [5.41, 5.74) is 0.0960. The molecule has 0 saturated carbocycles. The Morgan fingerprint density at radius 2 is 1.80 bits per heavy atom. The van der Waals surface area contributed by atoms with Gasteiger partial charge in [0.05, 0.1) is 11.2 Å². The van der Waals surface area contributed by atoms with E-state index in [1.807, 2.05) is 0 Å². The SMILES string of the molecule is C#Cc1ccccc1N(C(=O)OC(C)(C)C)S(=O)(=O)c1c(C)ccc2cccnc12. The zero-order chi connectivity index (χ0) is 22.1. The molecule has 0 aliphatic heterocycles. The summed E-state index contributed by atoms with van der Waals surface area (Å²) in [6.07, 6.45) is 6.05. The zero-order valence-electron chi connectivity index (χ0n) is 17.2. The van der Waals surface area contributed by atoms with Crippen LogP contribution in [0, 0.1) is 19.3 Å². The van der Waals surface area contributed by atoms with Crippen LogP contribution in [0.3, 0.4) is 0 Å². The number of benzene rings is 2. The number of para-hydroxylation sites is 1. The van der Waals surface area contributed by atoms with Gasteiger partial charge in [0.1, 0.15) is 10.5 Å². The summed E-state index contributed by atoms with van der Waals surface area (Å²) in [5, 5.41) is 0.635. The highest BCUT2D eigenvalue weighted by atomic mass is 32.2. The number of pyridine rings is 1. The maximum Gasteiger partial charge on any atom is 0.429 e. The van der Waals surface area contributed by atoms with Crippen LogP contribution in [0.4, 0.5) is 10.5 Å². The molecule has 3 aromatic rings. The van der Waals surface area contributed by atoms with Gasteiger partial charge < -0.3 is 4.74 Å². The molecular formula is C23H22N2O4S. The van der Waals surface area contributed by atoms with Gasteiger partial charge in [0.25, 0.3) is 10.0 Å². The van der Waals surface area contributed by atoms with E-state index in [4.69, 9.17) is 11.2 Å². The number of terminal acetylenes is 1. The Labute approximate surface area is 176 Å². The molecule has 0 aliphatic carbocycles. The number of carbonyl (C=O) groups is 1. The van der Waals surface area contributed by atoms with Crippen LogP contribution < -0.4 is 4.31 Å². The minimum atomic E-state index is -4.41. The molecular weight excluding hydrogens is 400 g/mol. The summed E-state index contributed by atoms with van der Waals surface area (Å²) in [7, 11) is -4.41. The van der Waals surface area contributed by atoms with Gasteiger partial charge in [-0.25, -0.2) is 13.2 Å². The van der Waals surface area contributed by atoms with Gasteiger partial charge in [-0.2, -0.15) is 4.31 Å². The third kappa shape index (κ3) is 4.00. The van der Waals surface area contributed by atoms with Crippen molar-refractivity contribution in [2.45, 2.75) is 38.2 Å². The lowest BCUT2D eigenvalue weighted by Gasteiger charge is -2.28. The molecule has 3 rings (SSSR count). The first-order valence-corrected chi connectivity index (χ1v) is 10.7. The Morgan fingerprint density at radius 3 is 2.47 bits per heavy atom. The number of aromatic nitrogens is 1. The number of ether oxygens (including phenoxy) is 1. The van der Waals surface area contributed by atoms with Crippen LogP contribution >= 0.6 is 0 Å². The van der Waals surface area contributed by atoms with Crippen LogP contribution in [0.15, 0.2) is 59.6 Å². The Hall–Kier alpha value is -3.37. The highest BCUT2D eigenvalue weighted by molar-refractivity contribution is 7.93. The first-order chi connectivity index (χ1) is 14.1. The predicted octanol–water partition coefficient (Wildman–Crippen LogP) is 4.65. The molecule has 0 unspecified atom stereocenters. The largest absolute Gasteiger partial charge is 0.443 e.